The van der Waals surface area contributed by atoms with Gasteiger partial charge in [-0.2, -0.15) is 4.37 Å². The second-order valence-corrected chi connectivity index (χ2v) is 7.50. The highest BCUT2D eigenvalue weighted by atomic mass is 32.1. The molecule has 0 unspecified atom stereocenters. The summed E-state index contributed by atoms with van der Waals surface area (Å²) in [7, 11) is 0. The fraction of sp³-hybridized carbons (Fsp3) is 0.556. The first-order chi connectivity index (χ1) is 11.6. The van der Waals surface area contributed by atoms with Crippen LogP contribution in [0.5, 0.6) is 0 Å². The molecule has 2 heterocycles. The molecule has 1 aliphatic heterocycles. The summed E-state index contributed by atoms with van der Waals surface area (Å²) in [6.45, 7) is 6.69. The Balaban J connectivity index is 1.82. The first-order valence-electron chi connectivity index (χ1n) is 8.48. The van der Waals surface area contributed by atoms with Crippen LogP contribution in [-0.4, -0.2) is 39.8 Å². The Morgan fingerprint density at radius 3 is 2.58 bits per heavy atom. The van der Waals surface area contributed by atoms with Crippen LogP contribution in [0.25, 0.3) is 0 Å². The van der Waals surface area contributed by atoms with Crippen LogP contribution in [0, 0.1) is 0 Å². The molecule has 3 rings (SSSR count). The quantitative estimate of drug-likeness (QED) is 0.869. The SMILES string of the molecule is CC(C)c1nsc(N(Cc2ccccc2)CC2(O)CCOCC2)n1. The highest BCUT2D eigenvalue weighted by Crippen LogP contribution is 2.28. The van der Waals surface area contributed by atoms with E-state index in [4.69, 9.17) is 9.72 Å². The molecule has 0 saturated carbocycles. The van der Waals surface area contributed by atoms with Crippen molar-refractivity contribution in [1.82, 2.24) is 9.36 Å². The van der Waals surface area contributed by atoms with Crippen LogP contribution in [0.3, 0.4) is 0 Å². The molecule has 130 valence electrons. The van der Waals surface area contributed by atoms with Crippen molar-refractivity contribution < 1.29 is 9.84 Å². The third-order valence-electron chi connectivity index (χ3n) is 4.34. The molecule has 2 aromatic rings. The minimum Gasteiger partial charge on any atom is -0.388 e. The van der Waals surface area contributed by atoms with Crippen LogP contribution >= 0.6 is 11.5 Å². The fourth-order valence-electron chi connectivity index (χ4n) is 2.85. The normalized spacial score (nSPS) is 17.2. The number of hydrogen-bond donors (Lipinski definition) is 1. The number of aliphatic hydroxyl groups is 1. The van der Waals surface area contributed by atoms with Crippen LogP contribution in [-0.2, 0) is 11.3 Å². The molecule has 0 aliphatic carbocycles. The number of nitrogens with zero attached hydrogens (tertiary/aromatic N) is 3. The summed E-state index contributed by atoms with van der Waals surface area (Å²) in [6, 6.07) is 10.3. The molecular weight excluding hydrogens is 322 g/mol. The van der Waals surface area contributed by atoms with Gasteiger partial charge in [-0.05, 0) is 5.56 Å². The van der Waals surface area contributed by atoms with Crippen molar-refractivity contribution in [1.29, 1.82) is 0 Å². The van der Waals surface area contributed by atoms with Gasteiger partial charge in [0, 0.05) is 56.6 Å². The Bertz CT molecular complexity index is 639. The number of anilines is 1. The smallest absolute Gasteiger partial charge is 0.205 e. The van der Waals surface area contributed by atoms with Crippen LogP contribution in [0.1, 0.15) is 44.0 Å². The molecule has 1 aromatic heterocycles. The Hall–Kier alpha value is -1.50. The lowest BCUT2D eigenvalue weighted by Crippen LogP contribution is -2.46. The Morgan fingerprint density at radius 2 is 1.96 bits per heavy atom. The molecule has 6 heteroatoms. The van der Waals surface area contributed by atoms with Gasteiger partial charge in [0.05, 0.1) is 5.60 Å². The number of ether oxygens (including phenoxy) is 1. The molecule has 5 nitrogen and oxygen atoms in total. The third kappa shape index (κ3) is 4.32. The minimum atomic E-state index is -0.726. The zero-order valence-electron chi connectivity index (χ0n) is 14.3. The summed E-state index contributed by atoms with van der Waals surface area (Å²) in [4.78, 5) is 6.85. The van der Waals surface area contributed by atoms with Gasteiger partial charge in [0.25, 0.3) is 0 Å². The fourth-order valence-corrected chi connectivity index (χ4v) is 3.65. The molecule has 1 aliphatic rings. The summed E-state index contributed by atoms with van der Waals surface area (Å²) < 4.78 is 9.88. The lowest BCUT2D eigenvalue weighted by atomic mass is 9.93. The largest absolute Gasteiger partial charge is 0.388 e. The second kappa shape index (κ2) is 7.59. The first-order valence-corrected chi connectivity index (χ1v) is 9.26. The summed E-state index contributed by atoms with van der Waals surface area (Å²) >= 11 is 1.41. The van der Waals surface area contributed by atoms with Crippen molar-refractivity contribution >= 4 is 16.7 Å². The van der Waals surface area contributed by atoms with E-state index in [9.17, 15) is 5.11 Å². The Labute approximate surface area is 147 Å². The van der Waals surface area contributed by atoms with Crippen molar-refractivity contribution in [2.24, 2.45) is 0 Å². The highest BCUT2D eigenvalue weighted by Gasteiger charge is 2.33. The van der Waals surface area contributed by atoms with Gasteiger partial charge < -0.3 is 14.7 Å². The highest BCUT2D eigenvalue weighted by molar-refractivity contribution is 7.09. The molecule has 0 amide bonds. The maximum Gasteiger partial charge on any atom is 0.205 e. The maximum atomic E-state index is 10.9. The third-order valence-corrected chi connectivity index (χ3v) is 5.13. The van der Waals surface area contributed by atoms with Crippen LogP contribution < -0.4 is 4.90 Å². The molecule has 0 atom stereocenters. The number of hydrogen-bond acceptors (Lipinski definition) is 6. The number of aromatic nitrogens is 2. The predicted molar refractivity (Wildman–Crippen MR) is 96.5 cm³/mol. The van der Waals surface area contributed by atoms with Gasteiger partial charge >= 0.3 is 0 Å². The molecular formula is C18H25N3O2S. The van der Waals surface area contributed by atoms with Crippen molar-refractivity contribution in [3.63, 3.8) is 0 Å². The van der Waals surface area contributed by atoms with Crippen molar-refractivity contribution in [3.05, 3.63) is 41.7 Å². The van der Waals surface area contributed by atoms with E-state index in [1.807, 2.05) is 18.2 Å². The summed E-state index contributed by atoms with van der Waals surface area (Å²) in [6.07, 6.45) is 1.32. The minimum absolute atomic E-state index is 0.305. The number of benzene rings is 1. The van der Waals surface area contributed by atoms with Gasteiger partial charge in [-0.1, -0.05) is 44.2 Å². The van der Waals surface area contributed by atoms with E-state index >= 15 is 0 Å². The maximum absolute atomic E-state index is 10.9. The molecule has 0 bridgehead atoms. The molecule has 1 fully saturated rings. The average Bonchev–Trinajstić information content (AvgIpc) is 3.06. The van der Waals surface area contributed by atoms with E-state index in [-0.39, 0.29) is 0 Å². The van der Waals surface area contributed by atoms with Crippen LogP contribution in [0.4, 0.5) is 5.13 Å². The van der Waals surface area contributed by atoms with Crippen LogP contribution in [0.15, 0.2) is 30.3 Å². The van der Waals surface area contributed by atoms with E-state index in [2.05, 4.69) is 35.3 Å². The molecule has 0 radical (unpaired) electrons. The average molecular weight is 347 g/mol. The van der Waals surface area contributed by atoms with Gasteiger partial charge in [0.2, 0.25) is 5.13 Å². The van der Waals surface area contributed by atoms with Crippen molar-refractivity contribution in [2.75, 3.05) is 24.7 Å². The standard InChI is InChI=1S/C18H25N3O2S/c1-14(2)16-19-17(24-20-16)21(12-15-6-4-3-5-7-15)13-18(22)8-10-23-11-9-18/h3-7,14,22H,8-13H2,1-2H3. The van der Waals surface area contributed by atoms with Gasteiger partial charge in [0.15, 0.2) is 0 Å². The topological polar surface area (TPSA) is 58.5 Å². The van der Waals surface area contributed by atoms with Crippen molar-refractivity contribution in [3.8, 4) is 0 Å². The zero-order valence-corrected chi connectivity index (χ0v) is 15.1. The Morgan fingerprint density at radius 1 is 1.25 bits per heavy atom. The monoisotopic (exact) mass is 347 g/mol. The van der Waals surface area contributed by atoms with Crippen molar-refractivity contribution in [2.45, 2.75) is 44.8 Å². The zero-order chi connectivity index (χ0) is 17.0. The van der Waals surface area contributed by atoms with E-state index in [0.29, 0.717) is 38.5 Å². The summed E-state index contributed by atoms with van der Waals surface area (Å²) in [5, 5.41) is 11.8. The molecule has 0 spiro atoms. The summed E-state index contributed by atoms with van der Waals surface area (Å²) in [5.41, 5.74) is 0.478. The van der Waals surface area contributed by atoms with E-state index in [1.54, 1.807) is 0 Å². The second-order valence-electron chi connectivity index (χ2n) is 6.77. The first kappa shape index (κ1) is 17.3. The van der Waals surface area contributed by atoms with Gasteiger partial charge in [-0.15, -0.1) is 0 Å². The van der Waals surface area contributed by atoms with Crippen LogP contribution in [0.2, 0.25) is 0 Å². The number of rotatable bonds is 6. The molecule has 1 N–H and O–H groups in total. The van der Waals surface area contributed by atoms with Gasteiger partial charge in [-0.3, -0.25) is 0 Å². The summed E-state index contributed by atoms with van der Waals surface area (Å²) in [5.74, 6) is 1.17. The molecule has 1 saturated heterocycles. The predicted octanol–water partition coefficient (Wildman–Crippen LogP) is 3.21. The Kier molecular flexibility index (Phi) is 5.48. The molecule has 1 aromatic carbocycles. The lowest BCUT2D eigenvalue weighted by Gasteiger charge is -2.36. The lowest BCUT2D eigenvalue weighted by molar-refractivity contribution is -0.0579. The molecule has 24 heavy (non-hydrogen) atoms. The van der Waals surface area contributed by atoms with E-state index in [0.717, 1.165) is 17.5 Å². The van der Waals surface area contributed by atoms with E-state index in [1.165, 1.54) is 17.1 Å². The van der Waals surface area contributed by atoms with E-state index < -0.39 is 5.60 Å². The van der Waals surface area contributed by atoms with Gasteiger partial charge in [-0.25, -0.2) is 4.98 Å². The van der Waals surface area contributed by atoms with Gasteiger partial charge in [0.1, 0.15) is 5.82 Å².